The van der Waals surface area contributed by atoms with Gasteiger partial charge in [-0.3, -0.25) is 4.57 Å². The van der Waals surface area contributed by atoms with Gasteiger partial charge in [-0.25, -0.2) is 0 Å². The highest BCUT2D eigenvalue weighted by Gasteiger charge is 2.56. The fourth-order valence-electron chi connectivity index (χ4n) is 5.05. The Hall–Kier alpha value is -0.300. The number of ether oxygens (including phenoxy) is 8. The maximum Gasteiger partial charge on any atom is 0.337 e. The minimum absolute atomic E-state index is 0.0294. The number of carbonyl (C=O) groups is 1. The molecule has 4 fully saturated rings. The van der Waals surface area contributed by atoms with Crippen molar-refractivity contribution in [3.63, 3.8) is 0 Å². The minimum atomic E-state index is -3.10. The molecule has 1 unspecified atom stereocenters. The SMILES string of the molecule is CCOP(=O)(CP(C)(C)=O)OCC.CO[C@@H]1OC(C=O)[C@H]2OC(C)(C)O[C@@H]12.CO[C@@H]1O[C@H](/C=C/P(C)(C)=O)[C@H]2OC(C)(C)O[C@@H]12. The van der Waals surface area contributed by atoms with Gasteiger partial charge in [0.2, 0.25) is 0 Å². The zero-order valence-corrected chi connectivity index (χ0v) is 31.2. The topological polar surface area (TPSA) is 161 Å². The smallest absolute Gasteiger partial charge is 0.337 e. The normalized spacial score (nSPS) is 33.6. The molecule has 8 atom stereocenters. The molecule has 0 aromatic carbocycles. The van der Waals surface area contributed by atoms with Crippen molar-refractivity contribution in [2.45, 2.75) is 102 Å². The van der Waals surface area contributed by atoms with E-state index in [1.807, 2.05) is 13.8 Å². The number of hydrogen-bond acceptors (Lipinski definition) is 14. The lowest BCUT2D eigenvalue weighted by atomic mass is 10.1. The van der Waals surface area contributed by atoms with E-state index in [1.54, 1.807) is 73.4 Å². The first-order chi connectivity index (χ1) is 20.6. The van der Waals surface area contributed by atoms with Gasteiger partial charge in [-0.15, -0.1) is 0 Å². The van der Waals surface area contributed by atoms with E-state index in [0.717, 1.165) is 6.29 Å². The second-order valence-corrected chi connectivity index (χ2v) is 21.8. The average Bonchev–Trinajstić information content (AvgIpc) is 3.57. The van der Waals surface area contributed by atoms with Gasteiger partial charge in [0.15, 0.2) is 30.4 Å². The van der Waals surface area contributed by atoms with E-state index in [1.165, 1.54) is 7.11 Å². The summed E-state index contributed by atoms with van der Waals surface area (Å²) in [5.41, 5.74) is 0. The minimum Gasteiger partial charge on any atom is -0.353 e. The third-order valence-electron chi connectivity index (χ3n) is 6.49. The molecular formula is C28H53O14P3. The molecule has 0 saturated carbocycles. The van der Waals surface area contributed by atoms with Gasteiger partial charge in [-0.2, -0.15) is 0 Å². The van der Waals surface area contributed by atoms with Gasteiger partial charge in [0.05, 0.1) is 20.4 Å². The lowest BCUT2D eigenvalue weighted by Gasteiger charge is -2.22. The summed E-state index contributed by atoms with van der Waals surface area (Å²) in [5, 5.41) is 0. The first-order valence-corrected chi connectivity index (χ1v) is 22.0. The van der Waals surface area contributed by atoms with Crippen LogP contribution < -0.4 is 0 Å². The first-order valence-electron chi connectivity index (χ1n) is 14.8. The van der Waals surface area contributed by atoms with Gasteiger partial charge < -0.3 is 60.9 Å². The van der Waals surface area contributed by atoms with Crippen LogP contribution in [0.3, 0.4) is 0 Å². The Labute approximate surface area is 267 Å². The van der Waals surface area contributed by atoms with Gasteiger partial charge >= 0.3 is 7.60 Å². The molecule has 264 valence electrons. The fraction of sp³-hybridized carbons (Fsp3) is 0.893. The standard InChI is InChI=1S/C12H21O5P.C9H14O5.C7H18O4P2/c1-12(2)16-9-8(6-7-18(4,5)13)15-11(14-3)10(9)17-12;1-9(2)13-6-5(4-10)12-8(11-3)7(6)14-9;1-5-10-13(9,11-6-2)7-12(3,4)8/h6-11H,1-5H3;4-8H,1-3H3;5-7H2,1-4H3/b7-6+;;/t8-,9-,10-,11-;5?,6-,7-,8-;/m11./s1. The summed E-state index contributed by atoms with van der Waals surface area (Å²) in [7, 11) is -4.58. The molecule has 0 aromatic heterocycles. The first kappa shape index (κ1) is 40.9. The van der Waals surface area contributed by atoms with Crippen LogP contribution in [0.1, 0.15) is 41.5 Å². The number of carbonyl (C=O) groups excluding carboxylic acids is 1. The molecule has 4 aliphatic heterocycles. The van der Waals surface area contributed by atoms with Crippen LogP contribution in [0.15, 0.2) is 11.9 Å². The second-order valence-electron chi connectivity index (χ2n) is 12.6. The molecule has 45 heavy (non-hydrogen) atoms. The van der Waals surface area contributed by atoms with Gasteiger partial charge in [-0.1, -0.05) is 0 Å². The Morgan fingerprint density at radius 1 is 0.689 bits per heavy atom. The van der Waals surface area contributed by atoms with E-state index in [0.29, 0.717) is 13.2 Å². The molecule has 17 heteroatoms. The van der Waals surface area contributed by atoms with Crippen molar-refractivity contribution in [2.75, 3.05) is 60.0 Å². The fourth-order valence-corrected chi connectivity index (χ4v) is 10.5. The lowest BCUT2D eigenvalue weighted by Crippen LogP contribution is -2.30. The van der Waals surface area contributed by atoms with Gasteiger partial charge in [0, 0.05) is 14.2 Å². The van der Waals surface area contributed by atoms with Gasteiger partial charge in [-0.05, 0) is 80.1 Å². The Bertz CT molecular complexity index is 1120. The maximum atomic E-state index is 11.8. The molecule has 0 aromatic rings. The summed E-state index contributed by atoms with van der Waals surface area (Å²) in [6.07, 6.45) is -0.444. The molecule has 4 rings (SSSR count). The number of rotatable bonds is 11. The van der Waals surface area contributed by atoms with Crippen molar-refractivity contribution < 1.29 is 65.4 Å². The molecule has 0 aliphatic carbocycles. The van der Waals surface area contributed by atoms with Crippen LogP contribution in [0.5, 0.6) is 0 Å². The van der Waals surface area contributed by atoms with Crippen LogP contribution in [0, 0.1) is 0 Å². The predicted molar refractivity (Wildman–Crippen MR) is 169 cm³/mol. The van der Waals surface area contributed by atoms with Crippen molar-refractivity contribution in [2.24, 2.45) is 0 Å². The molecule has 4 aliphatic rings. The molecule has 0 spiro atoms. The summed E-state index contributed by atoms with van der Waals surface area (Å²) in [4.78, 5) is 10.7. The van der Waals surface area contributed by atoms with Crippen LogP contribution in [-0.4, -0.2) is 127 Å². The average molecular weight is 707 g/mol. The van der Waals surface area contributed by atoms with Crippen molar-refractivity contribution in [3.05, 3.63) is 11.9 Å². The zero-order chi connectivity index (χ0) is 34.4. The highest BCUT2D eigenvalue weighted by molar-refractivity contribution is 7.75. The van der Waals surface area contributed by atoms with Crippen LogP contribution >= 0.6 is 21.9 Å². The van der Waals surface area contributed by atoms with E-state index in [-0.39, 0.29) is 36.4 Å². The second kappa shape index (κ2) is 16.4. The Balaban J connectivity index is 0.000000240. The van der Waals surface area contributed by atoms with Gasteiger partial charge in [0.25, 0.3) is 0 Å². The molecular weight excluding hydrogens is 653 g/mol. The predicted octanol–water partition coefficient (Wildman–Crippen LogP) is 4.92. The Kier molecular flexibility index (Phi) is 14.9. The molecule has 0 N–H and O–H groups in total. The lowest BCUT2D eigenvalue weighted by molar-refractivity contribution is -0.223. The van der Waals surface area contributed by atoms with E-state index in [4.69, 9.17) is 46.9 Å². The van der Waals surface area contributed by atoms with E-state index < -0.39 is 52.1 Å². The quantitative estimate of drug-likeness (QED) is 0.210. The van der Waals surface area contributed by atoms with Crippen LogP contribution in [0.25, 0.3) is 0 Å². The van der Waals surface area contributed by atoms with Crippen molar-refractivity contribution in [1.82, 2.24) is 0 Å². The third-order valence-corrected chi connectivity index (χ3v) is 12.8. The number of methoxy groups -OCH3 is 2. The summed E-state index contributed by atoms with van der Waals surface area (Å²) in [6.45, 7) is 18.0. The van der Waals surface area contributed by atoms with Crippen LogP contribution in [-0.2, 0) is 65.4 Å². The maximum absolute atomic E-state index is 11.8. The van der Waals surface area contributed by atoms with E-state index in [9.17, 15) is 18.5 Å². The molecule has 14 nitrogen and oxygen atoms in total. The van der Waals surface area contributed by atoms with Crippen LogP contribution in [0.4, 0.5) is 0 Å². The van der Waals surface area contributed by atoms with Crippen molar-refractivity contribution in [3.8, 4) is 0 Å². The van der Waals surface area contributed by atoms with Crippen LogP contribution in [0.2, 0.25) is 0 Å². The number of fused-ring (bicyclic) bond motifs is 2. The summed E-state index contributed by atoms with van der Waals surface area (Å²) < 4.78 is 89.0. The molecule has 0 radical (unpaired) electrons. The zero-order valence-electron chi connectivity index (χ0n) is 28.5. The summed E-state index contributed by atoms with van der Waals surface area (Å²) in [5.74, 6) is 0.421. The monoisotopic (exact) mass is 706 g/mol. The van der Waals surface area contributed by atoms with E-state index in [2.05, 4.69) is 0 Å². The van der Waals surface area contributed by atoms with Crippen molar-refractivity contribution in [1.29, 1.82) is 0 Å². The van der Waals surface area contributed by atoms with Crippen molar-refractivity contribution >= 4 is 28.2 Å². The highest BCUT2D eigenvalue weighted by atomic mass is 31.2. The Morgan fingerprint density at radius 3 is 1.44 bits per heavy atom. The molecule has 0 bridgehead atoms. The molecule has 4 heterocycles. The molecule has 4 saturated heterocycles. The Morgan fingerprint density at radius 2 is 1.09 bits per heavy atom. The third kappa shape index (κ3) is 12.6. The highest BCUT2D eigenvalue weighted by Crippen LogP contribution is 2.59. The number of hydrogen-bond donors (Lipinski definition) is 0. The summed E-state index contributed by atoms with van der Waals surface area (Å²) >= 11 is 0. The van der Waals surface area contributed by atoms with E-state index >= 15 is 0 Å². The largest absolute Gasteiger partial charge is 0.353 e. The number of aldehydes is 1. The molecule has 0 amide bonds. The summed E-state index contributed by atoms with van der Waals surface area (Å²) in [6, 6.07) is 0. The van der Waals surface area contributed by atoms with Gasteiger partial charge in [0.1, 0.15) is 49.7 Å².